The number of para-hydroxylation sites is 1. The first-order chi connectivity index (χ1) is 35.4. The van der Waals surface area contributed by atoms with Crippen LogP contribution in [0.4, 0.5) is 5.69 Å². The van der Waals surface area contributed by atoms with Crippen LogP contribution >= 0.6 is 7.82 Å². The molecule has 4 aliphatic heterocycles. The predicted molar refractivity (Wildman–Crippen MR) is 271 cm³/mol. The number of carbonyl (C=O) groups is 2. The van der Waals surface area contributed by atoms with Gasteiger partial charge < -0.3 is 39.2 Å². The number of aromatic nitrogens is 3. The number of benzene rings is 5. The predicted octanol–water partition coefficient (Wildman–Crippen LogP) is 10.3. The van der Waals surface area contributed by atoms with Crippen LogP contribution in [0.15, 0.2) is 136 Å². The van der Waals surface area contributed by atoms with Crippen LogP contribution in [-0.4, -0.2) is 49.3 Å². The fourth-order valence-corrected chi connectivity index (χ4v) is 11.8. The third-order valence-electron chi connectivity index (χ3n) is 14.7. The fourth-order valence-electron chi connectivity index (χ4n) is 10.7. The van der Waals surface area contributed by atoms with Crippen molar-refractivity contribution in [1.82, 2.24) is 25.2 Å². The highest BCUT2D eigenvalue weighted by atomic mass is 31.2. The van der Waals surface area contributed by atoms with Crippen molar-refractivity contribution in [2.75, 3.05) is 5.32 Å². The number of amides is 2. The molecule has 2 amide bonds. The van der Waals surface area contributed by atoms with Crippen LogP contribution in [0.25, 0.3) is 44.9 Å². The number of anilines is 1. The lowest BCUT2D eigenvalue weighted by Crippen LogP contribution is -2.55. The van der Waals surface area contributed by atoms with E-state index in [0.29, 0.717) is 28.5 Å². The highest BCUT2D eigenvalue weighted by Crippen LogP contribution is 2.62. The van der Waals surface area contributed by atoms with Gasteiger partial charge in [0, 0.05) is 45.9 Å². The van der Waals surface area contributed by atoms with Crippen molar-refractivity contribution in [3.63, 3.8) is 0 Å². The summed E-state index contributed by atoms with van der Waals surface area (Å²) >= 11 is 0. The second kappa shape index (κ2) is 18.0. The Morgan fingerprint density at radius 3 is 2.30 bits per heavy atom. The Kier molecular flexibility index (Phi) is 11.5. The van der Waals surface area contributed by atoms with E-state index in [1.807, 2.05) is 128 Å². The number of phosphoric acid groups is 1. The monoisotopic (exact) mass is 1000 g/mol. The molecular weight excluding hydrogens is 948 g/mol. The fraction of sp³-hybridized carbons (Fsp3) is 0.286. The van der Waals surface area contributed by atoms with Gasteiger partial charge in [-0.25, -0.2) is 14.5 Å². The molecule has 17 heteroatoms. The number of rotatable bonds is 14. The minimum absolute atomic E-state index is 0.00224. The molecule has 372 valence electrons. The number of hydrogen-bond acceptors (Lipinski definition) is 13. The van der Waals surface area contributed by atoms with Crippen molar-refractivity contribution in [3.05, 3.63) is 167 Å². The first-order valence-corrected chi connectivity index (χ1v) is 26.1. The highest BCUT2D eigenvalue weighted by molar-refractivity contribution is 7.48. The Hall–Kier alpha value is -7.33. The normalized spacial score (nSPS) is 19.4. The summed E-state index contributed by atoms with van der Waals surface area (Å²) in [6.07, 6.45) is 3.23. The Morgan fingerprint density at radius 2 is 1.59 bits per heavy atom. The summed E-state index contributed by atoms with van der Waals surface area (Å²) in [5, 5.41) is 21.9. The Bertz CT molecular complexity index is 3450. The summed E-state index contributed by atoms with van der Waals surface area (Å²) in [5.74, 6) is 0.448. The molecule has 4 atom stereocenters. The second-order valence-corrected chi connectivity index (χ2v) is 21.1. The lowest BCUT2D eigenvalue weighted by Gasteiger charge is -2.30. The molecule has 0 aliphatic carbocycles. The molecule has 0 saturated heterocycles. The summed E-state index contributed by atoms with van der Waals surface area (Å²) in [5.41, 5.74) is 5.36. The van der Waals surface area contributed by atoms with E-state index in [0.717, 1.165) is 55.5 Å². The van der Waals surface area contributed by atoms with Gasteiger partial charge in [0.15, 0.2) is 23.4 Å². The number of phosphoric ester groups is 1. The maximum absolute atomic E-state index is 14.6. The largest absolute Gasteiger partial charge is 0.477 e. The molecule has 0 saturated carbocycles. The van der Waals surface area contributed by atoms with Crippen LogP contribution in [0, 0.1) is 5.92 Å². The molecule has 73 heavy (non-hydrogen) atoms. The van der Waals surface area contributed by atoms with Crippen LogP contribution in [0.1, 0.15) is 86.0 Å². The SMILES string of the molecule is CCC(O)(CC)C(=O)NC1Cc2ccc3c(c2)C24c5cccc(c5NC2O3)-c2cccc3c2c(cn3COP(=O)(OCc2ccccc2)OCc2ccccc2)-c2cnc(o2)-c2nc(oc24)C(C(C)C)NC1=O. The molecule has 8 aromatic rings. The van der Waals surface area contributed by atoms with Gasteiger partial charge in [-0.2, -0.15) is 0 Å². The molecular formula is C56H53N6O10P. The van der Waals surface area contributed by atoms with E-state index in [2.05, 4.69) is 28.1 Å². The van der Waals surface area contributed by atoms with Crippen LogP contribution in [0.3, 0.4) is 0 Å². The highest BCUT2D eigenvalue weighted by Gasteiger charge is 2.62. The number of fused-ring (bicyclic) bond motifs is 7. The minimum atomic E-state index is -4.20. The Morgan fingerprint density at radius 1 is 0.877 bits per heavy atom. The van der Waals surface area contributed by atoms with E-state index in [9.17, 15) is 19.3 Å². The van der Waals surface area contributed by atoms with E-state index in [4.69, 9.17) is 37.1 Å². The molecule has 16 nitrogen and oxygen atoms in total. The van der Waals surface area contributed by atoms with E-state index in [-0.39, 0.29) is 56.9 Å². The van der Waals surface area contributed by atoms with Gasteiger partial charge in [0.25, 0.3) is 5.91 Å². The maximum atomic E-state index is 14.6. The van der Waals surface area contributed by atoms with Gasteiger partial charge in [-0.1, -0.05) is 131 Å². The molecule has 10 bridgehead atoms. The third kappa shape index (κ3) is 7.78. The summed E-state index contributed by atoms with van der Waals surface area (Å²) < 4.78 is 55.6. The number of ether oxygens (including phenoxy) is 1. The van der Waals surface area contributed by atoms with E-state index < -0.39 is 49.0 Å². The lowest BCUT2D eigenvalue weighted by atomic mass is 9.72. The summed E-state index contributed by atoms with van der Waals surface area (Å²) in [6, 6.07) is 34.9. The van der Waals surface area contributed by atoms with Crippen molar-refractivity contribution < 1.29 is 46.4 Å². The third-order valence-corrected chi connectivity index (χ3v) is 16.1. The lowest BCUT2D eigenvalue weighted by molar-refractivity contribution is -0.143. The molecule has 4 aliphatic rings. The van der Waals surface area contributed by atoms with Crippen LogP contribution < -0.4 is 20.7 Å². The molecule has 4 N–H and O–H groups in total. The van der Waals surface area contributed by atoms with Crippen LogP contribution in [0.2, 0.25) is 0 Å². The van der Waals surface area contributed by atoms with E-state index in [1.54, 1.807) is 20.0 Å². The second-order valence-electron chi connectivity index (χ2n) is 19.4. The standard InChI is InChI=1S/C56H53N6O10P/c1-5-55(65,6-2)53(64)58-41-26-35-23-24-43-40(25-35)56-39-21-13-20-37(47(39)61-54(56)71-43)36-19-14-22-42-45(36)38(44-27-57-51(70-44)48-49(56)72-52(60-48)46(32(3)4)59-50(41)63)28-62(42)31-69-73(66,67-29-33-15-9-7-10-16-33)68-30-34-17-11-8-12-18-34/h7-25,27-28,32,41,46,54,61,65H,5-6,26,29-31H2,1-4H3,(H,58,64)(H,59,63). The summed E-state index contributed by atoms with van der Waals surface area (Å²) in [7, 11) is -4.20. The first-order valence-electron chi connectivity index (χ1n) is 24.6. The van der Waals surface area contributed by atoms with Crippen molar-refractivity contribution in [1.29, 1.82) is 0 Å². The number of carbonyl (C=O) groups excluding carboxylic acids is 2. The average molecular weight is 1000 g/mol. The number of hydrogen-bond donors (Lipinski definition) is 4. The van der Waals surface area contributed by atoms with E-state index in [1.165, 1.54) is 0 Å². The molecule has 5 aromatic carbocycles. The van der Waals surface area contributed by atoms with Gasteiger partial charge in [0.05, 0.1) is 24.9 Å². The molecule has 0 radical (unpaired) electrons. The Labute approximate surface area is 420 Å². The zero-order valence-corrected chi connectivity index (χ0v) is 41.5. The quantitative estimate of drug-likeness (QED) is 0.0751. The van der Waals surface area contributed by atoms with Gasteiger partial charge in [-0.05, 0) is 53.1 Å². The smallest absolute Gasteiger partial charge is 0.469 e. The van der Waals surface area contributed by atoms with Crippen LogP contribution in [-0.2, 0) is 59.5 Å². The minimum Gasteiger partial charge on any atom is -0.469 e. The number of aliphatic hydroxyl groups is 1. The first kappa shape index (κ1) is 46.7. The molecule has 1 spiro atoms. The maximum Gasteiger partial charge on any atom is 0.477 e. The molecule has 7 heterocycles. The van der Waals surface area contributed by atoms with Crippen molar-refractivity contribution in [2.45, 2.75) is 96.2 Å². The van der Waals surface area contributed by atoms with Crippen LogP contribution in [0.5, 0.6) is 5.75 Å². The van der Waals surface area contributed by atoms with E-state index >= 15 is 0 Å². The molecule has 4 unspecified atom stereocenters. The number of nitrogens with zero attached hydrogens (tertiary/aromatic N) is 3. The zero-order chi connectivity index (χ0) is 50.2. The number of oxazole rings is 2. The van der Waals surface area contributed by atoms with Crippen molar-refractivity contribution in [2.24, 2.45) is 5.92 Å². The van der Waals surface area contributed by atoms with Gasteiger partial charge in [0.1, 0.15) is 35.6 Å². The summed E-state index contributed by atoms with van der Waals surface area (Å²) in [4.78, 5) is 38.4. The van der Waals surface area contributed by atoms with Gasteiger partial charge in [-0.15, -0.1) is 0 Å². The average Bonchev–Trinajstić information content (AvgIpc) is 4.27. The molecule has 3 aromatic heterocycles. The van der Waals surface area contributed by atoms with Crippen molar-refractivity contribution >= 4 is 36.2 Å². The molecule has 12 rings (SSSR count). The zero-order valence-electron chi connectivity index (χ0n) is 40.6. The van der Waals surface area contributed by atoms with Gasteiger partial charge in [-0.3, -0.25) is 23.2 Å². The van der Waals surface area contributed by atoms with Gasteiger partial charge in [0.2, 0.25) is 17.7 Å². The number of nitrogens with one attached hydrogen (secondary N) is 3. The summed E-state index contributed by atoms with van der Waals surface area (Å²) in [6.45, 7) is 7.16. The molecule has 0 fully saturated rings. The van der Waals surface area contributed by atoms with Gasteiger partial charge >= 0.3 is 7.82 Å². The Balaban J connectivity index is 1.01. The van der Waals surface area contributed by atoms with Crippen molar-refractivity contribution in [3.8, 4) is 39.8 Å². The topological polar surface area (TPSA) is 201 Å².